The van der Waals surface area contributed by atoms with E-state index in [1.54, 1.807) is 7.11 Å². The molecule has 1 atom stereocenters. The molecule has 2 aromatic heterocycles. The number of carbonyl (C=O) groups is 1. The molecule has 0 aliphatic carbocycles. The fourth-order valence-corrected chi connectivity index (χ4v) is 5.22. The zero-order valence-corrected chi connectivity index (χ0v) is 18.7. The van der Waals surface area contributed by atoms with Crippen molar-refractivity contribution in [3.63, 3.8) is 0 Å². The maximum atomic E-state index is 11.7. The molecule has 2 heterocycles. The SMILES string of the molecule is CCCNC(=O)CSc1nnc(S[C@H](C)c2nnc(-c3ccc(OC)cc3)o2)s1. The third-order valence-electron chi connectivity index (χ3n) is 3.69. The molecule has 0 fully saturated rings. The Bertz CT molecular complexity index is 929. The summed E-state index contributed by atoms with van der Waals surface area (Å²) in [7, 11) is 1.62. The molecule has 0 saturated heterocycles. The highest BCUT2D eigenvalue weighted by molar-refractivity contribution is 8.03. The Balaban J connectivity index is 1.55. The van der Waals surface area contributed by atoms with E-state index in [9.17, 15) is 4.79 Å². The van der Waals surface area contributed by atoms with Crippen molar-refractivity contribution in [3.05, 3.63) is 30.2 Å². The lowest BCUT2D eigenvalue weighted by atomic mass is 10.2. The monoisotopic (exact) mass is 451 g/mol. The summed E-state index contributed by atoms with van der Waals surface area (Å²) >= 11 is 4.33. The molecule has 3 rings (SSSR count). The van der Waals surface area contributed by atoms with E-state index in [1.165, 1.54) is 34.9 Å². The number of thioether (sulfide) groups is 2. The maximum absolute atomic E-state index is 11.7. The summed E-state index contributed by atoms with van der Waals surface area (Å²) in [5, 5.41) is 19.4. The van der Waals surface area contributed by atoms with E-state index in [1.807, 2.05) is 38.1 Å². The van der Waals surface area contributed by atoms with E-state index in [2.05, 4.69) is 25.7 Å². The zero-order valence-electron chi connectivity index (χ0n) is 16.2. The van der Waals surface area contributed by atoms with Crippen LogP contribution in [0.3, 0.4) is 0 Å². The van der Waals surface area contributed by atoms with E-state index in [4.69, 9.17) is 9.15 Å². The normalized spacial score (nSPS) is 12.0. The average molecular weight is 452 g/mol. The van der Waals surface area contributed by atoms with Crippen LogP contribution in [-0.2, 0) is 4.79 Å². The number of benzene rings is 1. The summed E-state index contributed by atoms with van der Waals surface area (Å²) in [6.07, 6.45) is 0.920. The van der Waals surface area contributed by atoms with Crippen molar-refractivity contribution in [1.82, 2.24) is 25.7 Å². The van der Waals surface area contributed by atoms with Gasteiger partial charge >= 0.3 is 0 Å². The topological polar surface area (TPSA) is 103 Å². The van der Waals surface area contributed by atoms with Gasteiger partial charge in [-0.25, -0.2) is 0 Å². The molecule has 0 bridgehead atoms. The van der Waals surface area contributed by atoms with Gasteiger partial charge in [0.15, 0.2) is 8.68 Å². The minimum atomic E-state index is -0.0758. The zero-order chi connectivity index (χ0) is 20.6. The van der Waals surface area contributed by atoms with Crippen molar-refractivity contribution in [1.29, 1.82) is 0 Å². The van der Waals surface area contributed by atoms with Gasteiger partial charge in [0.1, 0.15) is 5.75 Å². The van der Waals surface area contributed by atoms with Gasteiger partial charge < -0.3 is 14.5 Å². The van der Waals surface area contributed by atoms with E-state index in [-0.39, 0.29) is 11.2 Å². The van der Waals surface area contributed by atoms with E-state index < -0.39 is 0 Å². The lowest BCUT2D eigenvalue weighted by Crippen LogP contribution is -2.25. The highest BCUT2D eigenvalue weighted by Crippen LogP contribution is 2.38. The number of hydrogen-bond acceptors (Lipinski definition) is 10. The van der Waals surface area contributed by atoms with Crippen molar-refractivity contribution in [2.24, 2.45) is 0 Å². The highest BCUT2D eigenvalue weighted by atomic mass is 32.2. The molecule has 1 aromatic carbocycles. The van der Waals surface area contributed by atoms with Crippen LogP contribution in [0.2, 0.25) is 0 Å². The fraction of sp³-hybridized carbons (Fsp3) is 0.389. The molecule has 8 nitrogen and oxygen atoms in total. The van der Waals surface area contributed by atoms with Crippen LogP contribution in [0.4, 0.5) is 0 Å². The van der Waals surface area contributed by atoms with Gasteiger partial charge in [0.05, 0.1) is 18.1 Å². The minimum Gasteiger partial charge on any atom is -0.497 e. The van der Waals surface area contributed by atoms with Gasteiger partial charge in [-0.05, 0) is 37.6 Å². The fourth-order valence-electron chi connectivity index (χ4n) is 2.20. The van der Waals surface area contributed by atoms with E-state index >= 15 is 0 Å². The maximum Gasteiger partial charge on any atom is 0.247 e. The average Bonchev–Trinajstić information content (AvgIpc) is 3.40. The quantitative estimate of drug-likeness (QED) is 0.457. The number of methoxy groups -OCH3 is 1. The summed E-state index contributed by atoms with van der Waals surface area (Å²) in [6.45, 7) is 4.69. The predicted molar refractivity (Wildman–Crippen MR) is 114 cm³/mol. The summed E-state index contributed by atoms with van der Waals surface area (Å²) in [4.78, 5) is 11.7. The molecule has 0 spiro atoms. The molecule has 0 radical (unpaired) electrons. The molecule has 0 unspecified atom stereocenters. The molecular formula is C18H21N5O3S3. The molecule has 1 amide bonds. The molecule has 154 valence electrons. The molecule has 11 heteroatoms. The van der Waals surface area contributed by atoms with Crippen molar-refractivity contribution in [2.75, 3.05) is 19.4 Å². The van der Waals surface area contributed by atoms with Gasteiger partial charge in [-0.2, -0.15) is 0 Å². The summed E-state index contributed by atoms with van der Waals surface area (Å²) < 4.78 is 12.5. The van der Waals surface area contributed by atoms with Crippen LogP contribution in [0.5, 0.6) is 5.75 Å². The summed E-state index contributed by atoms with van der Waals surface area (Å²) in [5.41, 5.74) is 0.831. The smallest absolute Gasteiger partial charge is 0.247 e. The Morgan fingerprint density at radius 1 is 1.21 bits per heavy atom. The first kappa shape index (κ1) is 21.6. The van der Waals surface area contributed by atoms with Gasteiger partial charge in [0.25, 0.3) is 0 Å². The van der Waals surface area contributed by atoms with Gasteiger partial charge in [-0.3, -0.25) is 4.79 Å². The molecule has 1 N–H and O–H groups in total. The number of carbonyl (C=O) groups excluding carboxylic acids is 1. The second kappa shape index (κ2) is 10.6. The standard InChI is InChI=1S/C18H21N5O3S3/c1-4-9-19-14(24)10-27-17-22-23-18(29-17)28-11(2)15-20-21-16(26-15)12-5-7-13(25-3)8-6-12/h5-8,11H,4,9-10H2,1-3H3,(H,19,24)/t11-/m1/s1. The Morgan fingerprint density at radius 3 is 2.69 bits per heavy atom. The predicted octanol–water partition coefficient (Wildman–Crippen LogP) is 4.07. The number of nitrogens with one attached hydrogen (secondary N) is 1. The molecular weight excluding hydrogens is 430 g/mol. The van der Waals surface area contributed by atoms with Crippen LogP contribution in [0.25, 0.3) is 11.5 Å². The van der Waals surface area contributed by atoms with Crippen molar-refractivity contribution in [3.8, 4) is 17.2 Å². The lowest BCUT2D eigenvalue weighted by Gasteiger charge is -2.02. The number of ether oxygens (including phenoxy) is 1. The lowest BCUT2D eigenvalue weighted by molar-refractivity contribution is -0.118. The van der Waals surface area contributed by atoms with E-state index in [0.717, 1.165) is 26.4 Å². The summed E-state index contributed by atoms with van der Waals surface area (Å²) in [6, 6.07) is 7.44. The van der Waals surface area contributed by atoms with Crippen LogP contribution in [0.1, 0.15) is 31.4 Å². The third-order valence-corrected chi connectivity index (χ3v) is 6.92. The first-order chi connectivity index (χ1) is 14.1. The molecule has 0 aliphatic heterocycles. The number of aromatic nitrogens is 4. The van der Waals surface area contributed by atoms with E-state index in [0.29, 0.717) is 24.1 Å². The van der Waals surface area contributed by atoms with Crippen LogP contribution < -0.4 is 10.1 Å². The van der Waals surface area contributed by atoms with Crippen molar-refractivity contribution in [2.45, 2.75) is 34.2 Å². The van der Waals surface area contributed by atoms with Crippen LogP contribution in [0.15, 0.2) is 37.4 Å². The second-order valence-corrected chi connectivity index (χ2v) is 9.69. The Labute approximate surface area is 181 Å². The second-order valence-electron chi connectivity index (χ2n) is 5.91. The molecule has 0 saturated carbocycles. The van der Waals surface area contributed by atoms with Crippen LogP contribution in [0, 0.1) is 0 Å². The van der Waals surface area contributed by atoms with Gasteiger partial charge in [0, 0.05) is 12.1 Å². The largest absolute Gasteiger partial charge is 0.497 e. The van der Waals surface area contributed by atoms with Gasteiger partial charge in [0.2, 0.25) is 17.7 Å². The number of amides is 1. The highest BCUT2D eigenvalue weighted by Gasteiger charge is 2.19. The number of nitrogens with zero attached hydrogens (tertiary/aromatic N) is 4. The van der Waals surface area contributed by atoms with Crippen molar-refractivity contribution >= 4 is 40.8 Å². The van der Waals surface area contributed by atoms with Crippen LogP contribution in [-0.4, -0.2) is 45.7 Å². The van der Waals surface area contributed by atoms with Gasteiger partial charge in [-0.15, -0.1) is 20.4 Å². The van der Waals surface area contributed by atoms with Crippen LogP contribution >= 0.6 is 34.9 Å². The Kier molecular flexibility index (Phi) is 7.90. The van der Waals surface area contributed by atoms with Gasteiger partial charge in [-0.1, -0.05) is 41.8 Å². The third kappa shape index (κ3) is 6.18. The minimum absolute atomic E-state index is 0.00606. The summed E-state index contributed by atoms with van der Waals surface area (Å²) in [5.74, 6) is 2.09. The molecule has 3 aromatic rings. The number of rotatable bonds is 10. The molecule has 29 heavy (non-hydrogen) atoms. The first-order valence-electron chi connectivity index (χ1n) is 8.96. The Hall–Kier alpha value is -2.11. The van der Waals surface area contributed by atoms with Crippen molar-refractivity contribution < 1.29 is 13.9 Å². The molecule has 0 aliphatic rings. The number of hydrogen-bond donors (Lipinski definition) is 1. The Morgan fingerprint density at radius 2 is 1.97 bits per heavy atom. The first-order valence-corrected chi connectivity index (χ1v) is 11.6.